The van der Waals surface area contributed by atoms with Crippen LogP contribution in [0, 0.1) is 12.7 Å². The Morgan fingerprint density at radius 1 is 1.33 bits per heavy atom. The van der Waals surface area contributed by atoms with E-state index in [1.165, 1.54) is 25.1 Å². The van der Waals surface area contributed by atoms with Crippen LogP contribution in [0.5, 0.6) is 0 Å². The molecule has 84 valence electrons. The van der Waals surface area contributed by atoms with Crippen molar-refractivity contribution < 1.29 is 17.6 Å². The van der Waals surface area contributed by atoms with E-state index in [4.69, 9.17) is 0 Å². The van der Waals surface area contributed by atoms with Crippen molar-refractivity contribution in [2.24, 2.45) is 0 Å². The summed E-state index contributed by atoms with van der Waals surface area (Å²) in [6, 6.07) is 3.95. The molecule has 0 fully saturated rings. The third-order valence-electron chi connectivity index (χ3n) is 1.95. The molecular formula is C10H9BrF4. The predicted octanol–water partition coefficient (Wildman–Crippen LogP) is 4.52. The van der Waals surface area contributed by atoms with Gasteiger partial charge in [0.1, 0.15) is 5.82 Å². The summed E-state index contributed by atoms with van der Waals surface area (Å²) in [7, 11) is 0. The Morgan fingerprint density at radius 2 is 1.93 bits per heavy atom. The molecule has 1 rings (SSSR count). The minimum atomic E-state index is -4.23. The summed E-state index contributed by atoms with van der Waals surface area (Å²) >= 11 is 2.94. The van der Waals surface area contributed by atoms with E-state index in [1.807, 2.05) is 0 Å². The lowest BCUT2D eigenvalue weighted by atomic mass is 10.1. The second-order valence-electron chi connectivity index (χ2n) is 3.30. The standard InChI is InChI=1S/C10H9BrF4/c1-6-4-7(2-3-9(6)12)8(11)5-10(13,14)15/h2-4,8H,5H2,1H3. The minimum absolute atomic E-state index is 0.346. The van der Waals surface area contributed by atoms with E-state index < -0.39 is 23.2 Å². The first-order chi connectivity index (χ1) is 6.79. The number of hydrogen-bond donors (Lipinski definition) is 0. The highest BCUT2D eigenvalue weighted by molar-refractivity contribution is 9.09. The molecule has 5 heteroatoms. The van der Waals surface area contributed by atoms with E-state index in [0.717, 1.165) is 0 Å². The summed E-state index contributed by atoms with van der Waals surface area (Å²) in [5.74, 6) is -0.412. The molecule has 1 unspecified atom stereocenters. The van der Waals surface area contributed by atoms with Gasteiger partial charge in [0.05, 0.1) is 6.42 Å². The number of rotatable bonds is 2. The summed E-state index contributed by atoms with van der Waals surface area (Å²) < 4.78 is 49.1. The lowest BCUT2D eigenvalue weighted by molar-refractivity contribution is -0.134. The van der Waals surface area contributed by atoms with Gasteiger partial charge < -0.3 is 0 Å². The average molecular weight is 285 g/mol. The van der Waals surface area contributed by atoms with Crippen LogP contribution in [0.25, 0.3) is 0 Å². The zero-order valence-corrected chi connectivity index (χ0v) is 9.49. The molecule has 0 nitrogen and oxygen atoms in total. The van der Waals surface area contributed by atoms with Crippen LogP contribution in [0.1, 0.15) is 22.4 Å². The van der Waals surface area contributed by atoms with E-state index in [-0.39, 0.29) is 0 Å². The zero-order chi connectivity index (χ0) is 11.6. The highest BCUT2D eigenvalue weighted by atomic mass is 79.9. The summed E-state index contributed by atoms with van der Waals surface area (Å²) in [6.07, 6.45) is -5.19. The Hall–Kier alpha value is -0.580. The van der Waals surface area contributed by atoms with Gasteiger partial charge in [-0.3, -0.25) is 0 Å². The topological polar surface area (TPSA) is 0 Å². The maximum Gasteiger partial charge on any atom is 0.390 e. The number of benzene rings is 1. The molecule has 0 saturated carbocycles. The van der Waals surface area contributed by atoms with Gasteiger partial charge in [0.2, 0.25) is 0 Å². The third-order valence-corrected chi connectivity index (χ3v) is 2.81. The number of halogens is 5. The molecule has 0 aliphatic carbocycles. The number of hydrogen-bond acceptors (Lipinski definition) is 0. The van der Waals surface area contributed by atoms with Crippen molar-refractivity contribution in [2.45, 2.75) is 24.3 Å². The number of aryl methyl sites for hydroxylation is 1. The second kappa shape index (κ2) is 4.51. The van der Waals surface area contributed by atoms with Gasteiger partial charge in [-0.15, -0.1) is 0 Å². The summed E-state index contributed by atoms with van der Waals surface area (Å²) in [5, 5.41) is 0. The van der Waals surface area contributed by atoms with Crippen LogP contribution in [-0.4, -0.2) is 6.18 Å². The largest absolute Gasteiger partial charge is 0.390 e. The SMILES string of the molecule is Cc1cc(C(Br)CC(F)(F)F)ccc1F. The molecule has 0 spiro atoms. The van der Waals surface area contributed by atoms with Gasteiger partial charge in [-0.25, -0.2) is 4.39 Å². The maximum atomic E-state index is 12.9. The van der Waals surface area contributed by atoms with Crippen molar-refractivity contribution in [2.75, 3.05) is 0 Å². The third kappa shape index (κ3) is 3.81. The molecule has 1 atom stereocenters. The molecule has 0 saturated heterocycles. The van der Waals surface area contributed by atoms with Crippen LogP contribution >= 0.6 is 15.9 Å². The molecule has 0 aliphatic heterocycles. The molecule has 1 aromatic carbocycles. The van der Waals surface area contributed by atoms with Crippen molar-refractivity contribution in [3.05, 3.63) is 35.1 Å². The monoisotopic (exact) mass is 284 g/mol. The minimum Gasteiger partial charge on any atom is -0.207 e. The molecule has 1 aromatic rings. The normalized spacial score (nSPS) is 14.0. The molecule has 0 aliphatic rings. The van der Waals surface area contributed by atoms with Crippen molar-refractivity contribution in [3.8, 4) is 0 Å². The van der Waals surface area contributed by atoms with Crippen LogP contribution < -0.4 is 0 Å². The molecule has 0 amide bonds. The van der Waals surface area contributed by atoms with Gasteiger partial charge in [-0.1, -0.05) is 28.1 Å². The van der Waals surface area contributed by atoms with E-state index in [2.05, 4.69) is 15.9 Å². The first-order valence-electron chi connectivity index (χ1n) is 4.26. The van der Waals surface area contributed by atoms with E-state index in [0.29, 0.717) is 11.1 Å². The van der Waals surface area contributed by atoms with Crippen molar-refractivity contribution in [1.82, 2.24) is 0 Å². The fourth-order valence-corrected chi connectivity index (χ4v) is 1.84. The molecular weight excluding hydrogens is 276 g/mol. The highest BCUT2D eigenvalue weighted by Gasteiger charge is 2.31. The Kier molecular flexibility index (Phi) is 3.76. The lowest BCUT2D eigenvalue weighted by Gasteiger charge is -2.13. The van der Waals surface area contributed by atoms with Crippen LogP contribution in [-0.2, 0) is 0 Å². The summed E-state index contributed by atoms with van der Waals surface area (Å²) in [5.41, 5.74) is 0.783. The maximum absolute atomic E-state index is 12.9. The van der Waals surface area contributed by atoms with Gasteiger partial charge in [-0.05, 0) is 24.1 Å². The molecule has 0 bridgehead atoms. The Bertz CT molecular complexity index is 346. The molecule has 0 heterocycles. The van der Waals surface area contributed by atoms with Crippen molar-refractivity contribution >= 4 is 15.9 Å². The van der Waals surface area contributed by atoms with Crippen LogP contribution in [0.15, 0.2) is 18.2 Å². The second-order valence-corrected chi connectivity index (χ2v) is 4.40. The van der Waals surface area contributed by atoms with Gasteiger partial charge in [0.25, 0.3) is 0 Å². The summed E-state index contributed by atoms with van der Waals surface area (Å²) in [6.45, 7) is 1.52. The first kappa shape index (κ1) is 12.5. The van der Waals surface area contributed by atoms with E-state index in [9.17, 15) is 17.6 Å². The van der Waals surface area contributed by atoms with Gasteiger partial charge in [0.15, 0.2) is 0 Å². The first-order valence-corrected chi connectivity index (χ1v) is 5.18. The molecule has 15 heavy (non-hydrogen) atoms. The fraction of sp³-hybridized carbons (Fsp3) is 0.400. The fourth-order valence-electron chi connectivity index (χ4n) is 1.18. The van der Waals surface area contributed by atoms with Gasteiger partial charge in [-0.2, -0.15) is 13.2 Å². The van der Waals surface area contributed by atoms with E-state index >= 15 is 0 Å². The van der Waals surface area contributed by atoms with Crippen molar-refractivity contribution in [3.63, 3.8) is 0 Å². The molecule has 0 radical (unpaired) electrons. The van der Waals surface area contributed by atoms with Gasteiger partial charge in [0, 0.05) is 4.83 Å². The van der Waals surface area contributed by atoms with Gasteiger partial charge >= 0.3 is 6.18 Å². The predicted molar refractivity (Wildman–Crippen MR) is 53.5 cm³/mol. The van der Waals surface area contributed by atoms with Crippen LogP contribution in [0.3, 0.4) is 0 Å². The Balaban J connectivity index is 2.83. The number of alkyl halides is 4. The quantitative estimate of drug-likeness (QED) is 0.553. The average Bonchev–Trinajstić information content (AvgIpc) is 2.06. The Morgan fingerprint density at radius 3 is 2.40 bits per heavy atom. The zero-order valence-electron chi connectivity index (χ0n) is 7.91. The lowest BCUT2D eigenvalue weighted by Crippen LogP contribution is -2.10. The highest BCUT2D eigenvalue weighted by Crippen LogP contribution is 2.35. The van der Waals surface area contributed by atoms with E-state index in [1.54, 1.807) is 0 Å². The van der Waals surface area contributed by atoms with Crippen LogP contribution in [0.4, 0.5) is 17.6 Å². The molecule has 0 aromatic heterocycles. The van der Waals surface area contributed by atoms with Crippen molar-refractivity contribution in [1.29, 1.82) is 0 Å². The smallest absolute Gasteiger partial charge is 0.207 e. The summed E-state index contributed by atoms with van der Waals surface area (Å²) in [4.78, 5) is -0.822. The Labute approximate surface area is 93.4 Å². The van der Waals surface area contributed by atoms with Crippen LogP contribution in [0.2, 0.25) is 0 Å². The molecule has 0 N–H and O–H groups in total.